The molecule has 3 aromatic rings. The second kappa shape index (κ2) is 6.98. The lowest BCUT2D eigenvalue weighted by atomic mass is 9.92. The van der Waals surface area contributed by atoms with Gasteiger partial charge in [0.2, 0.25) is 5.89 Å². The Kier molecular flexibility index (Phi) is 4.55. The molecule has 0 amide bonds. The van der Waals surface area contributed by atoms with Crippen LogP contribution in [0.5, 0.6) is 0 Å². The van der Waals surface area contributed by atoms with Crippen molar-refractivity contribution in [3.05, 3.63) is 48.1 Å². The molecule has 1 aliphatic rings. The maximum Gasteiger partial charge on any atom is 0.212 e. The molecule has 1 atom stereocenters. The fraction of sp³-hybridized carbons (Fsp3) is 0.474. The van der Waals surface area contributed by atoms with Gasteiger partial charge in [-0.1, -0.05) is 12.1 Å². The van der Waals surface area contributed by atoms with Crippen molar-refractivity contribution in [3.63, 3.8) is 0 Å². The van der Waals surface area contributed by atoms with Crippen LogP contribution >= 0.6 is 0 Å². The van der Waals surface area contributed by atoms with Gasteiger partial charge in [-0.2, -0.15) is 5.10 Å². The summed E-state index contributed by atoms with van der Waals surface area (Å²) in [5, 5.41) is 13.5. The zero-order valence-electron chi connectivity index (χ0n) is 14.5. The van der Waals surface area contributed by atoms with Gasteiger partial charge in [0, 0.05) is 17.8 Å². The first kappa shape index (κ1) is 16.3. The number of aliphatic hydroxyl groups is 1. The Labute approximate surface area is 147 Å². The van der Waals surface area contributed by atoms with Crippen LogP contribution in [0.15, 0.2) is 40.9 Å². The third-order valence-electron chi connectivity index (χ3n) is 5.22. The van der Waals surface area contributed by atoms with Crippen LogP contribution < -0.4 is 0 Å². The number of piperidine rings is 1. The van der Waals surface area contributed by atoms with E-state index in [0.29, 0.717) is 12.5 Å². The molecule has 25 heavy (non-hydrogen) atoms. The summed E-state index contributed by atoms with van der Waals surface area (Å²) < 4.78 is 7.87. The first-order chi connectivity index (χ1) is 12.3. The molecule has 0 bridgehead atoms. The second-order valence-electron chi connectivity index (χ2n) is 6.71. The molecule has 0 spiro atoms. The maximum atomic E-state index is 9.18. The lowest BCUT2D eigenvalue weighted by Gasteiger charge is -2.34. The number of aliphatic hydroxyl groups excluding tert-OH is 1. The van der Waals surface area contributed by atoms with Crippen molar-refractivity contribution in [2.45, 2.75) is 38.3 Å². The van der Waals surface area contributed by atoms with Crippen LogP contribution in [0.2, 0.25) is 0 Å². The lowest BCUT2D eigenvalue weighted by molar-refractivity contribution is 0.141. The molecule has 1 aliphatic heterocycles. The van der Waals surface area contributed by atoms with Gasteiger partial charge < -0.3 is 9.52 Å². The summed E-state index contributed by atoms with van der Waals surface area (Å²) in [6.45, 7) is 4.88. The standard InChI is InChI=1S/C19H24N4O2/c1-14(19-21-16-4-2-3-5-18(16)25-19)22-10-7-15(8-11-22)17-6-9-20-23(17)12-13-24/h2-6,9,14-15,24H,7-8,10-13H2,1H3. The van der Waals surface area contributed by atoms with Crippen LogP contribution in [0, 0.1) is 0 Å². The van der Waals surface area contributed by atoms with Crippen molar-refractivity contribution >= 4 is 11.1 Å². The highest BCUT2D eigenvalue weighted by atomic mass is 16.3. The zero-order valence-corrected chi connectivity index (χ0v) is 14.5. The predicted molar refractivity (Wildman–Crippen MR) is 95.3 cm³/mol. The molecule has 3 heterocycles. The summed E-state index contributed by atoms with van der Waals surface area (Å²) in [7, 11) is 0. The van der Waals surface area contributed by atoms with Gasteiger partial charge in [-0.3, -0.25) is 9.58 Å². The maximum absolute atomic E-state index is 9.18. The number of para-hydroxylation sites is 2. The molecule has 2 aromatic heterocycles. The van der Waals surface area contributed by atoms with Crippen molar-refractivity contribution in [1.29, 1.82) is 0 Å². The summed E-state index contributed by atoms with van der Waals surface area (Å²) in [6.07, 6.45) is 4.00. The summed E-state index contributed by atoms with van der Waals surface area (Å²) in [5.74, 6) is 1.30. The number of likely N-dealkylation sites (tertiary alicyclic amines) is 1. The summed E-state index contributed by atoms with van der Waals surface area (Å²) in [4.78, 5) is 7.08. The average molecular weight is 340 g/mol. The minimum atomic E-state index is 0.127. The van der Waals surface area contributed by atoms with E-state index in [0.717, 1.165) is 42.9 Å². The normalized spacial score (nSPS) is 18.0. The molecule has 132 valence electrons. The van der Waals surface area contributed by atoms with Crippen LogP contribution in [0.25, 0.3) is 11.1 Å². The highest BCUT2D eigenvalue weighted by Gasteiger charge is 2.28. The summed E-state index contributed by atoms with van der Waals surface area (Å²) >= 11 is 0. The molecule has 6 nitrogen and oxygen atoms in total. The zero-order chi connectivity index (χ0) is 17.2. The second-order valence-corrected chi connectivity index (χ2v) is 6.71. The van der Waals surface area contributed by atoms with Gasteiger partial charge in [-0.05, 0) is 51.1 Å². The molecular formula is C19H24N4O2. The van der Waals surface area contributed by atoms with Crippen LogP contribution in [0.3, 0.4) is 0 Å². The van der Waals surface area contributed by atoms with E-state index in [1.54, 1.807) is 0 Å². The van der Waals surface area contributed by atoms with Crippen molar-refractivity contribution < 1.29 is 9.52 Å². The van der Waals surface area contributed by atoms with Gasteiger partial charge in [0.1, 0.15) is 5.52 Å². The molecule has 0 aliphatic carbocycles. The van der Waals surface area contributed by atoms with Crippen molar-refractivity contribution in [2.24, 2.45) is 0 Å². The Balaban J connectivity index is 1.43. The quantitative estimate of drug-likeness (QED) is 0.773. The van der Waals surface area contributed by atoms with E-state index in [9.17, 15) is 5.11 Å². The number of hydrogen-bond acceptors (Lipinski definition) is 5. The van der Waals surface area contributed by atoms with E-state index in [1.807, 2.05) is 35.1 Å². The molecule has 0 radical (unpaired) electrons. The third-order valence-corrected chi connectivity index (χ3v) is 5.22. The van der Waals surface area contributed by atoms with Gasteiger partial charge in [-0.15, -0.1) is 0 Å². The number of oxazole rings is 1. The van der Waals surface area contributed by atoms with Crippen molar-refractivity contribution in [3.8, 4) is 0 Å². The van der Waals surface area contributed by atoms with E-state index < -0.39 is 0 Å². The molecule has 1 fully saturated rings. The van der Waals surface area contributed by atoms with Crippen molar-refractivity contribution in [2.75, 3.05) is 19.7 Å². The van der Waals surface area contributed by atoms with Gasteiger partial charge >= 0.3 is 0 Å². The predicted octanol–water partition coefficient (Wildman–Crippen LogP) is 2.96. The number of rotatable bonds is 5. The number of fused-ring (bicyclic) bond motifs is 1. The van der Waals surface area contributed by atoms with Gasteiger partial charge in [0.15, 0.2) is 5.58 Å². The largest absolute Gasteiger partial charge is 0.439 e. The molecule has 0 saturated carbocycles. The first-order valence-electron chi connectivity index (χ1n) is 8.98. The van der Waals surface area contributed by atoms with Crippen LogP contribution in [0.1, 0.15) is 43.3 Å². The number of nitrogens with zero attached hydrogens (tertiary/aromatic N) is 4. The number of benzene rings is 1. The summed E-state index contributed by atoms with van der Waals surface area (Å²) in [6, 6.07) is 10.2. The Morgan fingerprint density at radius 3 is 2.80 bits per heavy atom. The van der Waals surface area contributed by atoms with Gasteiger partial charge in [0.05, 0.1) is 19.2 Å². The minimum Gasteiger partial charge on any atom is -0.439 e. The Hall–Kier alpha value is -2.18. The van der Waals surface area contributed by atoms with E-state index in [1.165, 1.54) is 5.69 Å². The molecule has 1 unspecified atom stereocenters. The Bertz CT molecular complexity index is 800. The number of aromatic nitrogens is 3. The van der Waals surface area contributed by atoms with E-state index in [-0.39, 0.29) is 12.6 Å². The van der Waals surface area contributed by atoms with E-state index >= 15 is 0 Å². The molecule has 4 rings (SSSR count). The Morgan fingerprint density at radius 1 is 1.24 bits per heavy atom. The molecule has 1 N–H and O–H groups in total. The average Bonchev–Trinajstić information content (AvgIpc) is 3.28. The van der Waals surface area contributed by atoms with Crippen LogP contribution in [0.4, 0.5) is 0 Å². The van der Waals surface area contributed by atoms with E-state index in [2.05, 4.69) is 28.0 Å². The molecular weight excluding hydrogens is 316 g/mol. The molecule has 1 saturated heterocycles. The molecule has 6 heteroatoms. The topological polar surface area (TPSA) is 67.3 Å². The molecule has 1 aromatic carbocycles. The van der Waals surface area contributed by atoms with Gasteiger partial charge in [-0.25, -0.2) is 4.98 Å². The minimum absolute atomic E-state index is 0.127. The fourth-order valence-corrected chi connectivity index (χ4v) is 3.78. The smallest absolute Gasteiger partial charge is 0.212 e. The highest BCUT2D eigenvalue weighted by molar-refractivity contribution is 5.72. The highest BCUT2D eigenvalue weighted by Crippen LogP contribution is 2.32. The van der Waals surface area contributed by atoms with Crippen LogP contribution in [-0.2, 0) is 6.54 Å². The monoisotopic (exact) mass is 340 g/mol. The van der Waals surface area contributed by atoms with E-state index in [4.69, 9.17) is 4.42 Å². The Morgan fingerprint density at radius 2 is 2.04 bits per heavy atom. The fourth-order valence-electron chi connectivity index (χ4n) is 3.78. The number of hydrogen-bond donors (Lipinski definition) is 1. The summed E-state index contributed by atoms with van der Waals surface area (Å²) in [5.41, 5.74) is 3.02. The first-order valence-corrected chi connectivity index (χ1v) is 8.98. The SMILES string of the molecule is CC(c1nc2ccccc2o1)N1CCC(c2ccnn2CCO)CC1. The van der Waals surface area contributed by atoms with Gasteiger partial charge in [0.25, 0.3) is 0 Å². The third kappa shape index (κ3) is 3.19. The van der Waals surface area contributed by atoms with Crippen molar-refractivity contribution in [1.82, 2.24) is 19.7 Å². The lowest BCUT2D eigenvalue weighted by Crippen LogP contribution is -2.35. The van der Waals surface area contributed by atoms with Crippen LogP contribution in [-0.4, -0.2) is 44.5 Å².